The molecule has 0 unspecified atom stereocenters. The third-order valence-corrected chi connectivity index (χ3v) is 2.09. The Labute approximate surface area is 98.9 Å². The summed E-state index contributed by atoms with van der Waals surface area (Å²) in [4.78, 5) is 0. The molecule has 0 fully saturated rings. The summed E-state index contributed by atoms with van der Waals surface area (Å²) in [6.07, 6.45) is 9.94. The summed E-state index contributed by atoms with van der Waals surface area (Å²) in [5.41, 5.74) is 2.47. The second-order valence-corrected chi connectivity index (χ2v) is 3.86. The van der Waals surface area contributed by atoms with Crippen LogP contribution in [-0.2, 0) is 0 Å². The third kappa shape index (κ3) is 4.83. The number of hydrogen-bond donors (Lipinski definition) is 1. The molecule has 0 radical (unpaired) electrons. The predicted molar refractivity (Wildman–Crippen MR) is 72.5 cm³/mol. The zero-order valence-electron chi connectivity index (χ0n) is 10.2. The molecule has 0 saturated heterocycles. The van der Waals surface area contributed by atoms with Gasteiger partial charge in [0.15, 0.2) is 0 Å². The van der Waals surface area contributed by atoms with Gasteiger partial charge in [0.2, 0.25) is 0 Å². The number of nitrogens with one attached hydrogen (secondary N) is 1. The van der Waals surface area contributed by atoms with E-state index in [4.69, 9.17) is 0 Å². The molecular formula is C15H21N. The van der Waals surface area contributed by atoms with Gasteiger partial charge < -0.3 is 5.32 Å². The van der Waals surface area contributed by atoms with Gasteiger partial charge in [0.1, 0.15) is 0 Å². The van der Waals surface area contributed by atoms with Crippen LogP contribution in [0.15, 0.2) is 54.3 Å². The summed E-state index contributed by atoms with van der Waals surface area (Å²) in [5, 5.41) is 3.39. The minimum absolute atomic E-state index is 1.12. The molecule has 0 aromatic heterocycles. The first-order chi connectivity index (χ1) is 7.86. The van der Waals surface area contributed by atoms with Crippen LogP contribution in [0.5, 0.6) is 0 Å². The largest absolute Gasteiger partial charge is 0.359 e. The van der Waals surface area contributed by atoms with Gasteiger partial charge >= 0.3 is 0 Å². The van der Waals surface area contributed by atoms with Gasteiger partial charge in [-0.1, -0.05) is 50.6 Å². The van der Waals surface area contributed by atoms with E-state index in [0.717, 1.165) is 12.8 Å². The summed E-state index contributed by atoms with van der Waals surface area (Å²) in [6, 6.07) is 10.3. The van der Waals surface area contributed by atoms with Crippen molar-refractivity contribution < 1.29 is 0 Å². The SMILES string of the molecule is C1=CCCC(Nc2ccccc2)=C1.CCC. The highest BCUT2D eigenvalue weighted by Gasteiger charge is 1.98. The van der Waals surface area contributed by atoms with Gasteiger partial charge in [0.25, 0.3) is 0 Å². The molecule has 1 aliphatic carbocycles. The second-order valence-electron chi connectivity index (χ2n) is 3.86. The number of hydrogen-bond acceptors (Lipinski definition) is 1. The predicted octanol–water partition coefficient (Wildman–Crippen LogP) is 4.75. The Bertz CT molecular complexity index is 336. The van der Waals surface area contributed by atoms with Crippen LogP contribution < -0.4 is 5.32 Å². The summed E-state index contributed by atoms with van der Waals surface area (Å²) in [7, 11) is 0. The van der Waals surface area contributed by atoms with Crippen LogP contribution >= 0.6 is 0 Å². The number of para-hydroxylation sites is 1. The van der Waals surface area contributed by atoms with E-state index >= 15 is 0 Å². The molecule has 0 atom stereocenters. The van der Waals surface area contributed by atoms with Crippen LogP contribution in [0.4, 0.5) is 5.69 Å². The van der Waals surface area contributed by atoms with Gasteiger partial charge in [-0.25, -0.2) is 0 Å². The fraction of sp³-hybridized carbons (Fsp3) is 0.333. The zero-order chi connectivity index (χ0) is 11.6. The quantitative estimate of drug-likeness (QED) is 0.750. The Morgan fingerprint density at radius 3 is 2.38 bits per heavy atom. The van der Waals surface area contributed by atoms with Crippen molar-refractivity contribution in [3.05, 3.63) is 54.3 Å². The maximum absolute atomic E-state index is 3.39. The number of benzene rings is 1. The molecule has 1 aromatic rings. The van der Waals surface area contributed by atoms with E-state index in [1.807, 2.05) is 18.2 Å². The molecule has 0 aliphatic heterocycles. The van der Waals surface area contributed by atoms with Gasteiger partial charge in [-0.2, -0.15) is 0 Å². The first kappa shape index (κ1) is 12.6. The van der Waals surface area contributed by atoms with Crippen LogP contribution in [0.3, 0.4) is 0 Å². The molecule has 0 heterocycles. The highest BCUT2D eigenvalue weighted by atomic mass is 14.9. The Balaban J connectivity index is 0.000000386. The summed E-state index contributed by atoms with van der Waals surface area (Å²) < 4.78 is 0. The van der Waals surface area contributed by atoms with E-state index < -0.39 is 0 Å². The molecule has 0 spiro atoms. The first-order valence-electron chi connectivity index (χ1n) is 6.04. The average Bonchev–Trinajstić information content (AvgIpc) is 2.33. The molecule has 1 heteroatoms. The molecular weight excluding hydrogens is 194 g/mol. The maximum atomic E-state index is 3.39. The zero-order valence-corrected chi connectivity index (χ0v) is 10.2. The van der Waals surface area contributed by atoms with E-state index in [1.54, 1.807) is 0 Å². The van der Waals surface area contributed by atoms with Crippen molar-refractivity contribution in [2.75, 3.05) is 5.32 Å². The fourth-order valence-electron chi connectivity index (χ4n) is 1.41. The standard InChI is InChI=1S/C12H13N.C3H8/c1-3-7-11(8-4-1)13-12-9-5-2-6-10-12;1-3-2/h1-5,7-9,13H,6,10H2;3H2,1-2H3. The van der Waals surface area contributed by atoms with E-state index in [9.17, 15) is 0 Å². The number of allylic oxidation sites excluding steroid dienone is 4. The van der Waals surface area contributed by atoms with Gasteiger partial charge in [0, 0.05) is 11.4 Å². The Morgan fingerprint density at radius 2 is 1.81 bits per heavy atom. The second kappa shape index (κ2) is 7.75. The summed E-state index contributed by atoms with van der Waals surface area (Å²) in [6.45, 7) is 4.25. The van der Waals surface area contributed by atoms with Gasteiger partial charge in [-0.15, -0.1) is 0 Å². The van der Waals surface area contributed by atoms with Crippen molar-refractivity contribution in [3.63, 3.8) is 0 Å². The van der Waals surface area contributed by atoms with Crippen LogP contribution in [-0.4, -0.2) is 0 Å². The third-order valence-electron chi connectivity index (χ3n) is 2.09. The Kier molecular flexibility index (Phi) is 6.09. The number of anilines is 1. The van der Waals surface area contributed by atoms with Crippen molar-refractivity contribution in [1.29, 1.82) is 0 Å². The Hall–Kier alpha value is -1.50. The lowest BCUT2D eigenvalue weighted by Crippen LogP contribution is -2.00. The minimum atomic E-state index is 1.12. The molecule has 1 aromatic carbocycles. The van der Waals surface area contributed by atoms with Crippen LogP contribution in [0.1, 0.15) is 33.1 Å². The van der Waals surface area contributed by atoms with Crippen molar-refractivity contribution in [3.8, 4) is 0 Å². The monoisotopic (exact) mass is 215 g/mol. The molecule has 1 nitrogen and oxygen atoms in total. The van der Waals surface area contributed by atoms with Crippen LogP contribution in [0.2, 0.25) is 0 Å². The molecule has 2 rings (SSSR count). The molecule has 16 heavy (non-hydrogen) atoms. The fourth-order valence-corrected chi connectivity index (χ4v) is 1.41. The van der Waals surface area contributed by atoms with Gasteiger partial charge in [-0.3, -0.25) is 0 Å². The van der Waals surface area contributed by atoms with Gasteiger partial charge in [-0.05, 0) is 31.1 Å². The molecule has 86 valence electrons. The van der Waals surface area contributed by atoms with Crippen molar-refractivity contribution in [2.24, 2.45) is 0 Å². The lowest BCUT2D eigenvalue weighted by Gasteiger charge is -2.11. The molecule has 0 amide bonds. The topological polar surface area (TPSA) is 12.0 Å². The van der Waals surface area contributed by atoms with Crippen LogP contribution in [0.25, 0.3) is 0 Å². The molecule has 0 bridgehead atoms. The number of rotatable bonds is 2. The molecule has 0 saturated carbocycles. The van der Waals surface area contributed by atoms with Crippen molar-refractivity contribution in [2.45, 2.75) is 33.1 Å². The van der Waals surface area contributed by atoms with E-state index in [0.29, 0.717) is 0 Å². The van der Waals surface area contributed by atoms with Crippen molar-refractivity contribution >= 4 is 5.69 Å². The van der Waals surface area contributed by atoms with Crippen molar-refractivity contribution in [1.82, 2.24) is 0 Å². The van der Waals surface area contributed by atoms with E-state index in [1.165, 1.54) is 17.8 Å². The minimum Gasteiger partial charge on any atom is -0.359 e. The molecule has 1 N–H and O–H groups in total. The highest BCUT2D eigenvalue weighted by Crippen LogP contribution is 2.15. The normalized spacial score (nSPS) is 13.5. The van der Waals surface area contributed by atoms with E-state index in [-0.39, 0.29) is 0 Å². The maximum Gasteiger partial charge on any atom is 0.0381 e. The average molecular weight is 215 g/mol. The molecule has 1 aliphatic rings. The lowest BCUT2D eigenvalue weighted by molar-refractivity contribution is 0.967. The van der Waals surface area contributed by atoms with Gasteiger partial charge in [0.05, 0.1) is 0 Å². The van der Waals surface area contributed by atoms with Crippen LogP contribution in [0, 0.1) is 0 Å². The van der Waals surface area contributed by atoms with E-state index in [2.05, 4.69) is 49.5 Å². The highest BCUT2D eigenvalue weighted by molar-refractivity contribution is 5.48. The summed E-state index contributed by atoms with van der Waals surface area (Å²) in [5.74, 6) is 0. The Morgan fingerprint density at radius 1 is 1.12 bits per heavy atom. The summed E-state index contributed by atoms with van der Waals surface area (Å²) >= 11 is 0. The first-order valence-corrected chi connectivity index (χ1v) is 6.04. The lowest BCUT2D eigenvalue weighted by atomic mass is 10.1. The smallest absolute Gasteiger partial charge is 0.0381 e.